The van der Waals surface area contributed by atoms with Gasteiger partial charge in [0.25, 0.3) is 0 Å². The molecule has 1 saturated heterocycles. The summed E-state index contributed by atoms with van der Waals surface area (Å²) >= 11 is 0. The van der Waals surface area contributed by atoms with Crippen LogP contribution in [0.3, 0.4) is 0 Å². The van der Waals surface area contributed by atoms with Gasteiger partial charge in [0.15, 0.2) is 6.29 Å². The molecule has 0 spiro atoms. The molecule has 106 valence electrons. The average molecular weight is 264 g/mol. The molecule has 5 N–H and O–H groups in total. The van der Waals surface area contributed by atoms with Crippen LogP contribution in [0.4, 0.5) is 0 Å². The second-order valence-electron chi connectivity index (χ2n) is 4.12. The predicted molar refractivity (Wildman–Crippen MR) is 60.5 cm³/mol. The van der Waals surface area contributed by atoms with Crippen molar-refractivity contribution in [1.29, 1.82) is 0 Å². The van der Waals surface area contributed by atoms with E-state index in [-0.39, 0.29) is 13.0 Å². The van der Waals surface area contributed by atoms with E-state index in [1.54, 1.807) is 0 Å². The molecule has 1 aliphatic heterocycles. The molecule has 1 heterocycles. The quantitative estimate of drug-likeness (QED) is 0.343. The van der Waals surface area contributed by atoms with Crippen molar-refractivity contribution in [3.05, 3.63) is 12.7 Å². The van der Waals surface area contributed by atoms with Gasteiger partial charge in [-0.25, -0.2) is 0 Å². The third kappa shape index (κ3) is 3.48. The Labute approximate surface area is 105 Å². The van der Waals surface area contributed by atoms with E-state index in [1.807, 2.05) is 0 Å². The molecule has 0 unspecified atom stereocenters. The molecule has 7 nitrogen and oxygen atoms in total. The SMILES string of the molecule is C=C[C@H](CCO)O[C@@H]1O[C@H](CO)[C@@H](O)[C@H](O)[C@H]1O. The molecule has 0 aromatic carbocycles. The van der Waals surface area contributed by atoms with Crippen molar-refractivity contribution in [1.82, 2.24) is 0 Å². The largest absolute Gasteiger partial charge is 0.396 e. The lowest BCUT2D eigenvalue weighted by Crippen LogP contribution is -2.59. The molecule has 0 saturated carbocycles. The molecule has 1 aliphatic rings. The van der Waals surface area contributed by atoms with Crippen molar-refractivity contribution in [2.75, 3.05) is 13.2 Å². The number of hydrogen-bond donors (Lipinski definition) is 5. The second kappa shape index (κ2) is 7.15. The molecule has 1 fully saturated rings. The second-order valence-corrected chi connectivity index (χ2v) is 4.12. The Morgan fingerprint density at radius 2 is 1.83 bits per heavy atom. The van der Waals surface area contributed by atoms with Crippen molar-refractivity contribution in [2.24, 2.45) is 0 Å². The fourth-order valence-corrected chi connectivity index (χ4v) is 1.72. The Balaban J connectivity index is 2.66. The van der Waals surface area contributed by atoms with Crippen LogP contribution in [0.25, 0.3) is 0 Å². The first kappa shape index (κ1) is 15.5. The number of rotatable bonds is 6. The van der Waals surface area contributed by atoms with Gasteiger partial charge in [-0.2, -0.15) is 0 Å². The Morgan fingerprint density at radius 3 is 2.33 bits per heavy atom. The molecule has 1 rings (SSSR count). The summed E-state index contributed by atoms with van der Waals surface area (Å²) in [5, 5.41) is 46.6. The molecular formula is C11H20O7. The minimum Gasteiger partial charge on any atom is -0.396 e. The molecule has 0 radical (unpaired) electrons. The van der Waals surface area contributed by atoms with Gasteiger partial charge in [0.05, 0.1) is 12.7 Å². The molecular weight excluding hydrogens is 244 g/mol. The van der Waals surface area contributed by atoms with E-state index < -0.39 is 43.4 Å². The first-order valence-electron chi connectivity index (χ1n) is 5.74. The van der Waals surface area contributed by atoms with E-state index in [1.165, 1.54) is 6.08 Å². The summed E-state index contributed by atoms with van der Waals surface area (Å²) in [6.45, 7) is 2.87. The van der Waals surface area contributed by atoms with Crippen molar-refractivity contribution in [3.8, 4) is 0 Å². The monoisotopic (exact) mass is 264 g/mol. The summed E-state index contributed by atoms with van der Waals surface area (Å²) in [6.07, 6.45) is -5.40. The van der Waals surface area contributed by atoms with Crippen LogP contribution in [-0.2, 0) is 9.47 Å². The summed E-state index contributed by atoms with van der Waals surface area (Å²) in [7, 11) is 0. The van der Waals surface area contributed by atoms with Gasteiger partial charge in [-0.15, -0.1) is 6.58 Å². The molecule has 0 aromatic heterocycles. The lowest BCUT2D eigenvalue weighted by Gasteiger charge is -2.40. The highest BCUT2D eigenvalue weighted by Gasteiger charge is 2.44. The van der Waals surface area contributed by atoms with Crippen LogP contribution in [0.1, 0.15) is 6.42 Å². The maximum Gasteiger partial charge on any atom is 0.187 e. The topological polar surface area (TPSA) is 120 Å². The summed E-state index contributed by atoms with van der Waals surface area (Å²) in [6, 6.07) is 0. The highest BCUT2D eigenvalue weighted by molar-refractivity contribution is 4.90. The van der Waals surface area contributed by atoms with E-state index in [4.69, 9.17) is 19.7 Å². The van der Waals surface area contributed by atoms with E-state index in [2.05, 4.69) is 6.58 Å². The van der Waals surface area contributed by atoms with E-state index in [0.29, 0.717) is 0 Å². The first-order valence-corrected chi connectivity index (χ1v) is 5.74. The average Bonchev–Trinajstić information content (AvgIpc) is 2.38. The van der Waals surface area contributed by atoms with Crippen molar-refractivity contribution >= 4 is 0 Å². The maximum atomic E-state index is 9.70. The number of aliphatic hydroxyl groups excluding tert-OH is 5. The van der Waals surface area contributed by atoms with Crippen LogP contribution in [-0.4, -0.2) is 75.6 Å². The zero-order chi connectivity index (χ0) is 13.7. The Bertz CT molecular complexity index is 258. The van der Waals surface area contributed by atoms with Crippen molar-refractivity contribution in [3.63, 3.8) is 0 Å². The van der Waals surface area contributed by atoms with Gasteiger partial charge >= 0.3 is 0 Å². The van der Waals surface area contributed by atoms with Gasteiger partial charge in [-0.1, -0.05) is 6.08 Å². The molecule has 0 bridgehead atoms. The normalized spacial score (nSPS) is 38.4. The molecule has 0 aromatic rings. The molecule has 18 heavy (non-hydrogen) atoms. The maximum absolute atomic E-state index is 9.70. The van der Waals surface area contributed by atoms with Crippen LogP contribution in [0.2, 0.25) is 0 Å². The van der Waals surface area contributed by atoms with Crippen LogP contribution < -0.4 is 0 Å². The standard InChI is InChI=1S/C11H20O7/c1-2-6(3-4-12)17-11-10(16)9(15)8(14)7(5-13)18-11/h2,6-16H,1,3-5H2/t6-,7-,8-,9+,10-,11-/m1/s1. The highest BCUT2D eigenvalue weighted by Crippen LogP contribution is 2.23. The van der Waals surface area contributed by atoms with Crippen LogP contribution in [0.15, 0.2) is 12.7 Å². The number of hydrogen-bond acceptors (Lipinski definition) is 7. The summed E-state index contributed by atoms with van der Waals surface area (Å²) < 4.78 is 10.5. The lowest BCUT2D eigenvalue weighted by atomic mass is 9.99. The van der Waals surface area contributed by atoms with E-state index >= 15 is 0 Å². The molecule has 7 heteroatoms. The summed E-state index contributed by atoms with van der Waals surface area (Å²) in [5.74, 6) is 0. The zero-order valence-electron chi connectivity index (χ0n) is 9.92. The van der Waals surface area contributed by atoms with E-state index in [0.717, 1.165) is 0 Å². The zero-order valence-corrected chi connectivity index (χ0v) is 9.92. The minimum absolute atomic E-state index is 0.131. The van der Waals surface area contributed by atoms with Gasteiger partial charge in [0, 0.05) is 13.0 Å². The van der Waals surface area contributed by atoms with Crippen LogP contribution in [0, 0.1) is 0 Å². The van der Waals surface area contributed by atoms with Crippen molar-refractivity contribution < 1.29 is 35.0 Å². The predicted octanol–water partition coefficient (Wildman–Crippen LogP) is -2.26. The van der Waals surface area contributed by atoms with Gasteiger partial charge < -0.3 is 35.0 Å². The fourth-order valence-electron chi connectivity index (χ4n) is 1.72. The Hall–Kier alpha value is -0.540. The minimum atomic E-state index is -1.47. The molecule has 0 aliphatic carbocycles. The summed E-state index contributed by atoms with van der Waals surface area (Å²) in [4.78, 5) is 0. The third-order valence-electron chi connectivity index (χ3n) is 2.83. The van der Waals surface area contributed by atoms with Crippen molar-refractivity contribution in [2.45, 2.75) is 43.2 Å². The lowest BCUT2D eigenvalue weighted by molar-refractivity contribution is -0.308. The van der Waals surface area contributed by atoms with Gasteiger partial charge in [-0.05, 0) is 0 Å². The van der Waals surface area contributed by atoms with Gasteiger partial charge in [0.1, 0.15) is 24.4 Å². The fraction of sp³-hybridized carbons (Fsp3) is 0.818. The molecule has 6 atom stereocenters. The van der Waals surface area contributed by atoms with Crippen LogP contribution >= 0.6 is 0 Å². The number of aliphatic hydroxyl groups is 5. The number of ether oxygens (including phenoxy) is 2. The highest BCUT2D eigenvalue weighted by atomic mass is 16.7. The van der Waals surface area contributed by atoms with Crippen LogP contribution in [0.5, 0.6) is 0 Å². The Kier molecular flexibility index (Phi) is 6.16. The van der Waals surface area contributed by atoms with Gasteiger partial charge in [-0.3, -0.25) is 0 Å². The summed E-state index contributed by atoms with van der Waals surface area (Å²) in [5.41, 5.74) is 0. The molecule has 0 amide bonds. The van der Waals surface area contributed by atoms with E-state index in [9.17, 15) is 15.3 Å². The smallest absolute Gasteiger partial charge is 0.187 e. The first-order chi connectivity index (χ1) is 8.54. The third-order valence-corrected chi connectivity index (χ3v) is 2.83. The Morgan fingerprint density at radius 1 is 1.17 bits per heavy atom. The van der Waals surface area contributed by atoms with Gasteiger partial charge in [0.2, 0.25) is 0 Å².